The molecule has 10 nitrogen and oxygen atoms in total. The van der Waals surface area contributed by atoms with Crippen molar-refractivity contribution in [1.82, 2.24) is 14.7 Å². The molecule has 6 N–H and O–H groups in total. The maximum Gasteiger partial charge on any atom is 0.322 e. The lowest BCUT2D eigenvalue weighted by Crippen LogP contribution is -2.88. The van der Waals surface area contributed by atoms with Crippen molar-refractivity contribution in [2.24, 2.45) is 12.8 Å². The number of piperazine rings is 1. The number of rotatable bonds is 4. The monoisotopic (exact) mass is 491 g/mol. The van der Waals surface area contributed by atoms with Crippen molar-refractivity contribution in [3.8, 4) is 6.07 Å². The third-order valence-electron chi connectivity index (χ3n) is 5.89. The van der Waals surface area contributed by atoms with E-state index in [1.165, 1.54) is 0 Å². The van der Waals surface area contributed by atoms with Crippen molar-refractivity contribution in [2.45, 2.75) is 6.92 Å². The number of halogens is 1. The van der Waals surface area contributed by atoms with Gasteiger partial charge in [-0.3, -0.25) is 14.9 Å². The average Bonchev–Trinajstić information content (AvgIpc) is 3.13. The summed E-state index contributed by atoms with van der Waals surface area (Å²) >= 11 is 6.48. The summed E-state index contributed by atoms with van der Waals surface area (Å²) < 4.78 is 1.67. The molecule has 178 valence electrons. The molecule has 35 heavy (non-hydrogen) atoms. The van der Waals surface area contributed by atoms with Gasteiger partial charge in [0.1, 0.15) is 11.3 Å². The second-order valence-corrected chi connectivity index (χ2v) is 8.64. The van der Waals surface area contributed by atoms with Gasteiger partial charge in [-0.25, -0.2) is 4.79 Å². The molecular formula is C24H24ClN8O2+. The van der Waals surface area contributed by atoms with Gasteiger partial charge in [-0.1, -0.05) is 11.6 Å². The Morgan fingerprint density at radius 2 is 2.00 bits per heavy atom. The number of nitrogens with one attached hydrogen (secondary N) is 2. The fraction of sp³-hybridized carbons (Fsp3) is 0.208. The number of hydrogen-bond donors (Lipinski definition) is 4. The van der Waals surface area contributed by atoms with Crippen LogP contribution in [0.5, 0.6) is 0 Å². The van der Waals surface area contributed by atoms with Gasteiger partial charge in [0.05, 0.1) is 53.2 Å². The van der Waals surface area contributed by atoms with Crippen LogP contribution in [0.3, 0.4) is 0 Å². The SMILES string of the molecule is Cc1nn(C)c2c(Cl)cc(C(=N)C(C(N)=O)=C3CN(C(=O)Nc4ccc(C#N)cc4)CC[NH2+]3)cc12. The Bertz CT molecular complexity index is 1430. The van der Waals surface area contributed by atoms with Crippen molar-refractivity contribution in [1.29, 1.82) is 10.7 Å². The zero-order valence-electron chi connectivity index (χ0n) is 19.2. The normalized spacial score (nSPS) is 15.0. The number of fused-ring (bicyclic) bond motifs is 1. The van der Waals surface area contributed by atoms with Crippen LogP contribution in [0.4, 0.5) is 10.5 Å². The first-order valence-corrected chi connectivity index (χ1v) is 11.2. The van der Waals surface area contributed by atoms with E-state index in [1.54, 1.807) is 53.0 Å². The zero-order chi connectivity index (χ0) is 25.3. The van der Waals surface area contributed by atoms with Gasteiger partial charge >= 0.3 is 6.03 Å². The van der Waals surface area contributed by atoms with E-state index >= 15 is 0 Å². The average molecular weight is 492 g/mol. The number of nitrogens with two attached hydrogens (primary N) is 2. The molecule has 1 aliphatic heterocycles. The van der Waals surface area contributed by atoms with Gasteiger partial charge in [0.2, 0.25) is 0 Å². The fourth-order valence-electron chi connectivity index (χ4n) is 4.19. The largest absolute Gasteiger partial charge is 0.365 e. The van der Waals surface area contributed by atoms with Crippen molar-refractivity contribution in [3.05, 3.63) is 69.5 Å². The highest BCUT2D eigenvalue weighted by atomic mass is 35.5. The van der Waals surface area contributed by atoms with Crippen molar-refractivity contribution in [2.75, 3.05) is 25.0 Å². The number of urea groups is 1. The number of anilines is 1. The number of quaternary nitrogens is 1. The topological polar surface area (TPSA) is 158 Å². The third-order valence-corrected chi connectivity index (χ3v) is 6.17. The zero-order valence-corrected chi connectivity index (χ0v) is 20.0. The van der Waals surface area contributed by atoms with E-state index in [2.05, 4.69) is 10.4 Å². The molecule has 0 atom stereocenters. The van der Waals surface area contributed by atoms with Gasteiger partial charge in [-0.15, -0.1) is 0 Å². The fourth-order valence-corrected chi connectivity index (χ4v) is 4.53. The third kappa shape index (κ3) is 4.73. The summed E-state index contributed by atoms with van der Waals surface area (Å²) in [6.07, 6.45) is 0. The molecular weight excluding hydrogens is 468 g/mol. The highest BCUT2D eigenvalue weighted by Gasteiger charge is 2.30. The Labute approximate surface area is 206 Å². The Hall–Kier alpha value is -4.20. The molecule has 0 unspecified atom stereocenters. The number of benzene rings is 2. The molecule has 2 aromatic carbocycles. The van der Waals surface area contributed by atoms with Crippen LogP contribution in [-0.2, 0) is 11.8 Å². The second-order valence-electron chi connectivity index (χ2n) is 8.24. The Balaban J connectivity index is 1.62. The molecule has 3 aromatic rings. The number of aryl methyl sites for hydroxylation is 2. The number of primary amides is 1. The Morgan fingerprint density at radius 3 is 2.66 bits per heavy atom. The first-order valence-electron chi connectivity index (χ1n) is 10.8. The molecule has 11 heteroatoms. The lowest BCUT2D eigenvalue weighted by atomic mass is 9.97. The summed E-state index contributed by atoms with van der Waals surface area (Å²) in [5.41, 5.74) is 9.16. The summed E-state index contributed by atoms with van der Waals surface area (Å²) in [6, 6.07) is 11.6. The smallest absolute Gasteiger partial charge is 0.322 e. The molecule has 1 saturated heterocycles. The molecule has 1 aromatic heterocycles. The van der Waals surface area contributed by atoms with E-state index in [0.29, 0.717) is 40.6 Å². The van der Waals surface area contributed by atoms with E-state index in [0.717, 1.165) is 16.6 Å². The summed E-state index contributed by atoms with van der Waals surface area (Å²) in [6.45, 7) is 2.91. The summed E-state index contributed by atoms with van der Waals surface area (Å²) in [5.74, 6) is -0.755. The molecule has 3 amide bonds. The number of nitrogens with zero attached hydrogens (tertiary/aromatic N) is 4. The quantitative estimate of drug-likeness (QED) is 0.323. The van der Waals surface area contributed by atoms with Gasteiger partial charge in [0.15, 0.2) is 0 Å². The predicted molar refractivity (Wildman–Crippen MR) is 132 cm³/mol. The van der Waals surface area contributed by atoms with Crippen molar-refractivity contribution in [3.63, 3.8) is 0 Å². The molecule has 0 bridgehead atoms. The lowest BCUT2D eigenvalue weighted by molar-refractivity contribution is -0.615. The number of carbonyl (C=O) groups is 2. The van der Waals surface area contributed by atoms with Crippen LogP contribution in [0, 0.1) is 23.7 Å². The van der Waals surface area contributed by atoms with Gasteiger partial charge < -0.3 is 21.3 Å². The predicted octanol–water partition coefficient (Wildman–Crippen LogP) is 1.63. The molecule has 1 fully saturated rings. The van der Waals surface area contributed by atoms with Crippen molar-refractivity contribution < 1.29 is 14.9 Å². The molecule has 2 heterocycles. The van der Waals surface area contributed by atoms with Crippen LogP contribution < -0.4 is 16.4 Å². The summed E-state index contributed by atoms with van der Waals surface area (Å²) in [7, 11) is 1.79. The van der Waals surface area contributed by atoms with Crippen LogP contribution in [0.1, 0.15) is 16.8 Å². The Morgan fingerprint density at radius 1 is 1.29 bits per heavy atom. The van der Waals surface area contributed by atoms with Gasteiger partial charge in [0.25, 0.3) is 5.91 Å². The van der Waals surface area contributed by atoms with Crippen LogP contribution in [-0.4, -0.2) is 52.0 Å². The number of carbonyl (C=O) groups excluding carboxylic acids is 2. The lowest BCUT2D eigenvalue weighted by Gasteiger charge is -2.28. The summed E-state index contributed by atoms with van der Waals surface area (Å²) in [5, 5.41) is 27.9. The number of aromatic nitrogens is 2. The van der Waals surface area contributed by atoms with Crippen molar-refractivity contribution >= 4 is 45.8 Å². The first-order chi connectivity index (χ1) is 16.7. The molecule has 4 rings (SSSR count). The standard InChI is InChI=1S/C24H23ClN8O2/c1-13-17-9-15(10-18(25)22(17)32(2)31-13)21(27)20(23(28)34)19-12-33(8-7-29-19)24(35)30-16-5-3-14(11-26)4-6-16/h3-6,9-10,27,29H,7-8,12H2,1-2H3,(H2,28,34)(H,30,35)/p+1. The highest BCUT2D eigenvalue weighted by molar-refractivity contribution is 6.36. The number of hydrogen-bond acceptors (Lipinski definition) is 5. The maximum atomic E-state index is 12.8. The Kier molecular flexibility index (Phi) is 6.55. The second kappa shape index (κ2) is 9.58. The van der Waals surface area contributed by atoms with E-state index in [9.17, 15) is 9.59 Å². The number of nitriles is 1. The molecule has 1 aliphatic rings. The minimum Gasteiger partial charge on any atom is -0.365 e. The highest BCUT2D eigenvalue weighted by Crippen LogP contribution is 2.28. The summed E-state index contributed by atoms with van der Waals surface area (Å²) in [4.78, 5) is 26.9. The minimum absolute atomic E-state index is 0.0397. The molecule has 0 spiro atoms. The number of amides is 3. The minimum atomic E-state index is -0.755. The van der Waals surface area contributed by atoms with Gasteiger partial charge in [-0.2, -0.15) is 10.4 Å². The van der Waals surface area contributed by atoms with Crippen LogP contribution >= 0.6 is 11.6 Å². The van der Waals surface area contributed by atoms with E-state index in [4.69, 9.17) is 28.0 Å². The van der Waals surface area contributed by atoms with Crippen LogP contribution in [0.2, 0.25) is 5.02 Å². The maximum absolute atomic E-state index is 12.8. The van der Waals surface area contributed by atoms with Crippen LogP contribution in [0.25, 0.3) is 10.9 Å². The molecule has 0 radical (unpaired) electrons. The molecule has 0 aliphatic carbocycles. The van der Waals surface area contributed by atoms with Gasteiger partial charge in [-0.05, 0) is 43.3 Å². The van der Waals surface area contributed by atoms with Gasteiger partial charge in [0, 0.05) is 23.7 Å². The molecule has 0 saturated carbocycles. The first kappa shape index (κ1) is 23.9. The van der Waals surface area contributed by atoms with E-state index in [-0.39, 0.29) is 23.9 Å². The van der Waals surface area contributed by atoms with E-state index < -0.39 is 5.91 Å². The van der Waals surface area contributed by atoms with E-state index in [1.807, 2.05) is 18.3 Å². The van der Waals surface area contributed by atoms with Crippen LogP contribution in [0.15, 0.2) is 47.7 Å².